The lowest BCUT2D eigenvalue weighted by Gasteiger charge is -2.09. The Morgan fingerprint density at radius 3 is 2.65 bits per heavy atom. The van der Waals surface area contributed by atoms with Gasteiger partial charge in [0, 0.05) is 13.2 Å². The van der Waals surface area contributed by atoms with E-state index in [1.165, 1.54) is 18.0 Å². The summed E-state index contributed by atoms with van der Waals surface area (Å²) < 4.78 is 33.9. The highest BCUT2D eigenvalue weighted by Gasteiger charge is 2.21. The number of ether oxygens (including phenoxy) is 1. The maximum atomic E-state index is 12.2. The van der Waals surface area contributed by atoms with E-state index >= 15 is 0 Å². The second-order valence-electron chi connectivity index (χ2n) is 4.01. The Morgan fingerprint density at radius 1 is 1.45 bits per heavy atom. The van der Waals surface area contributed by atoms with Gasteiger partial charge in [-0.15, -0.1) is 0 Å². The Morgan fingerprint density at radius 2 is 2.15 bits per heavy atom. The number of methoxy groups -OCH3 is 1. The van der Waals surface area contributed by atoms with Crippen LogP contribution in [0.25, 0.3) is 0 Å². The third-order valence-corrected chi connectivity index (χ3v) is 4.53. The van der Waals surface area contributed by atoms with Crippen molar-refractivity contribution in [1.82, 2.24) is 9.78 Å². The predicted octanol–water partition coefficient (Wildman–Crippen LogP) is 1.57. The molecule has 1 aromatic heterocycles. The van der Waals surface area contributed by atoms with E-state index in [-0.39, 0.29) is 10.7 Å². The van der Waals surface area contributed by atoms with Crippen molar-refractivity contribution in [3.63, 3.8) is 0 Å². The lowest BCUT2D eigenvalue weighted by molar-refractivity contribution is 0.412. The first-order valence-corrected chi connectivity index (χ1v) is 7.76. The summed E-state index contributed by atoms with van der Waals surface area (Å²) in [7, 11) is -0.655. The van der Waals surface area contributed by atoms with E-state index in [2.05, 4.69) is 25.8 Å². The van der Waals surface area contributed by atoms with Crippen LogP contribution >= 0.6 is 15.9 Å². The Hall–Kier alpha value is -1.74. The number of aromatic nitrogens is 2. The van der Waals surface area contributed by atoms with Crippen LogP contribution in [0.3, 0.4) is 0 Å². The van der Waals surface area contributed by atoms with Crippen LogP contribution in [0.2, 0.25) is 0 Å². The van der Waals surface area contributed by atoms with Gasteiger partial charge < -0.3 is 10.5 Å². The first-order valence-electron chi connectivity index (χ1n) is 5.49. The van der Waals surface area contributed by atoms with Gasteiger partial charge >= 0.3 is 0 Å². The number of anilines is 2. The molecule has 0 aliphatic rings. The van der Waals surface area contributed by atoms with E-state index in [1.54, 1.807) is 25.2 Å². The highest BCUT2D eigenvalue weighted by molar-refractivity contribution is 9.10. The maximum absolute atomic E-state index is 12.2. The van der Waals surface area contributed by atoms with Gasteiger partial charge in [0.1, 0.15) is 10.6 Å². The van der Waals surface area contributed by atoms with Crippen LogP contribution < -0.4 is 15.2 Å². The van der Waals surface area contributed by atoms with Gasteiger partial charge in [-0.2, -0.15) is 5.10 Å². The topological polar surface area (TPSA) is 99.2 Å². The Labute approximate surface area is 124 Å². The van der Waals surface area contributed by atoms with Gasteiger partial charge in [0.25, 0.3) is 10.0 Å². The van der Waals surface area contributed by atoms with Crippen LogP contribution in [-0.4, -0.2) is 25.3 Å². The van der Waals surface area contributed by atoms with Crippen LogP contribution in [-0.2, 0) is 17.1 Å². The summed E-state index contributed by atoms with van der Waals surface area (Å²) in [6.45, 7) is 0. The fourth-order valence-electron chi connectivity index (χ4n) is 1.63. The molecule has 0 spiro atoms. The molecule has 1 heterocycles. The molecule has 0 aliphatic carbocycles. The van der Waals surface area contributed by atoms with Gasteiger partial charge in [0.15, 0.2) is 5.82 Å². The summed E-state index contributed by atoms with van der Waals surface area (Å²) in [5.41, 5.74) is 5.97. The van der Waals surface area contributed by atoms with E-state index in [1.807, 2.05) is 0 Å². The number of nitrogens with one attached hydrogen (secondary N) is 1. The van der Waals surface area contributed by atoms with Crippen LogP contribution in [0.5, 0.6) is 5.75 Å². The minimum absolute atomic E-state index is 0.0485. The molecular weight excluding hydrogens is 348 g/mol. The lowest BCUT2D eigenvalue weighted by atomic mass is 10.3. The van der Waals surface area contributed by atoms with Crippen molar-refractivity contribution in [2.75, 3.05) is 17.6 Å². The highest BCUT2D eigenvalue weighted by Crippen LogP contribution is 2.29. The number of sulfonamides is 1. The Bertz CT molecular complexity index is 742. The van der Waals surface area contributed by atoms with E-state index in [0.29, 0.717) is 15.9 Å². The van der Waals surface area contributed by atoms with Crippen molar-refractivity contribution >= 4 is 37.5 Å². The molecule has 0 radical (unpaired) electrons. The maximum Gasteiger partial charge on any atom is 0.267 e. The van der Waals surface area contributed by atoms with E-state index in [9.17, 15) is 8.42 Å². The normalized spacial score (nSPS) is 11.3. The average Bonchev–Trinajstić information content (AvgIpc) is 2.69. The lowest BCUT2D eigenvalue weighted by Crippen LogP contribution is -2.13. The molecule has 2 aromatic rings. The van der Waals surface area contributed by atoms with Crippen molar-refractivity contribution in [3.05, 3.63) is 28.9 Å². The predicted molar refractivity (Wildman–Crippen MR) is 79.1 cm³/mol. The second kappa shape index (κ2) is 5.33. The summed E-state index contributed by atoms with van der Waals surface area (Å²) in [5, 5.41) is 3.81. The van der Waals surface area contributed by atoms with Gasteiger partial charge in [0.2, 0.25) is 0 Å². The number of aryl methyl sites for hydroxylation is 1. The van der Waals surface area contributed by atoms with E-state index in [0.717, 1.165) is 0 Å². The second-order valence-corrected chi connectivity index (χ2v) is 6.51. The number of nitrogens with two attached hydrogens (primary N) is 1. The molecule has 0 amide bonds. The number of benzene rings is 1. The number of hydrogen-bond acceptors (Lipinski definition) is 5. The number of halogens is 1. The molecule has 7 nitrogen and oxygen atoms in total. The molecule has 3 N–H and O–H groups in total. The number of rotatable bonds is 4. The molecule has 0 unspecified atom stereocenters. The molecule has 20 heavy (non-hydrogen) atoms. The summed E-state index contributed by atoms with van der Waals surface area (Å²) in [5.74, 6) is 0.557. The Kier molecular flexibility index (Phi) is 3.91. The van der Waals surface area contributed by atoms with Gasteiger partial charge in [-0.3, -0.25) is 9.40 Å². The third-order valence-electron chi connectivity index (χ3n) is 2.52. The van der Waals surface area contributed by atoms with Gasteiger partial charge in [-0.05, 0) is 34.1 Å². The zero-order chi connectivity index (χ0) is 14.9. The SMILES string of the molecule is COc1ccc(NS(=O)(=O)c2cn(C)nc2N)cc1Br. The average molecular weight is 361 g/mol. The third kappa shape index (κ3) is 2.88. The summed E-state index contributed by atoms with van der Waals surface area (Å²) in [6, 6.07) is 4.84. The molecule has 9 heteroatoms. The molecule has 0 bridgehead atoms. The fraction of sp³-hybridized carbons (Fsp3) is 0.182. The number of hydrogen-bond donors (Lipinski definition) is 2. The van der Waals surface area contributed by atoms with E-state index in [4.69, 9.17) is 10.5 Å². The van der Waals surface area contributed by atoms with Crippen LogP contribution in [0.1, 0.15) is 0 Å². The van der Waals surface area contributed by atoms with Crippen molar-refractivity contribution in [2.24, 2.45) is 7.05 Å². The number of nitrogen functional groups attached to an aromatic ring is 1. The molecule has 0 atom stereocenters. The summed E-state index contributed by atoms with van der Waals surface area (Å²) in [4.78, 5) is -0.0630. The van der Waals surface area contributed by atoms with Crippen LogP contribution in [0.4, 0.5) is 11.5 Å². The first kappa shape index (κ1) is 14.7. The zero-order valence-electron chi connectivity index (χ0n) is 10.8. The monoisotopic (exact) mass is 360 g/mol. The minimum atomic E-state index is -3.78. The quantitative estimate of drug-likeness (QED) is 0.861. The van der Waals surface area contributed by atoms with Gasteiger partial charge in [-0.1, -0.05) is 0 Å². The molecule has 0 fully saturated rings. The zero-order valence-corrected chi connectivity index (χ0v) is 13.2. The van der Waals surface area contributed by atoms with Crippen molar-refractivity contribution in [3.8, 4) is 5.75 Å². The van der Waals surface area contributed by atoms with Crippen molar-refractivity contribution < 1.29 is 13.2 Å². The Balaban J connectivity index is 2.33. The molecule has 0 aliphatic heterocycles. The van der Waals surface area contributed by atoms with Gasteiger partial charge in [-0.25, -0.2) is 8.42 Å². The van der Waals surface area contributed by atoms with Crippen LogP contribution in [0, 0.1) is 0 Å². The first-order chi connectivity index (χ1) is 9.33. The van der Waals surface area contributed by atoms with Gasteiger partial charge in [0.05, 0.1) is 17.3 Å². The largest absolute Gasteiger partial charge is 0.496 e. The van der Waals surface area contributed by atoms with E-state index < -0.39 is 10.0 Å². The molecular formula is C11H13BrN4O3S. The summed E-state index contributed by atoms with van der Waals surface area (Å²) in [6.07, 6.45) is 1.34. The highest BCUT2D eigenvalue weighted by atomic mass is 79.9. The minimum Gasteiger partial charge on any atom is -0.496 e. The van der Waals surface area contributed by atoms with Crippen molar-refractivity contribution in [1.29, 1.82) is 0 Å². The van der Waals surface area contributed by atoms with Crippen LogP contribution in [0.15, 0.2) is 33.8 Å². The fourth-order valence-corrected chi connectivity index (χ4v) is 3.33. The molecule has 108 valence electrons. The molecule has 1 aromatic carbocycles. The number of nitrogens with zero attached hydrogens (tertiary/aromatic N) is 2. The summed E-state index contributed by atoms with van der Waals surface area (Å²) >= 11 is 3.29. The molecule has 2 rings (SSSR count). The molecule has 0 saturated heterocycles. The van der Waals surface area contributed by atoms with Crippen molar-refractivity contribution in [2.45, 2.75) is 4.90 Å². The smallest absolute Gasteiger partial charge is 0.267 e. The molecule has 0 saturated carbocycles. The standard InChI is InChI=1S/C11H13BrN4O3S/c1-16-6-10(11(13)14-16)20(17,18)15-7-3-4-9(19-2)8(12)5-7/h3-6,15H,1-2H3,(H2,13,14).